The molecule has 0 rings (SSSR count). The third kappa shape index (κ3) is 5.65. The van der Waals surface area contributed by atoms with Gasteiger partial charge in [0.1, 0.15) is 0 Å². The summed E-state index contributed by atoms with van der Waals surface area (Å²) in [5, 5.41) is 0. The van der Waals surface area contributed by atoms with Gasteiger partial charge in [-0.1, -0.05) is 26.2 Å². The lowest BCUT2D eigenvalue weighted by molar-refractivity contribution is -0.475. The highest BCUT2D eigenvalue weighted by molar-refractivity contribution is 5.74. The summed E-state index contributed by atoms with van der Waals surface area (Å²) >= 11 is 0. The lowest BCUT2D eigenvalue weighted by Crippen LogP contribution is -2.43. The number of hydrogen-bond donors (Lipinski definition) is 0. The fourth-order valence-corrected chi connectivity index (χ4v) is 1.96. The Morgan fingerprint density at radius 1 is 1.00 bits per heavy atom. The quantitative estimate of drug-likeness (QED) is 0.298. The van der Waals surface area contributed by atoms with Crippen LogP contribution < -0.4 is 0 Å². The molecule has 0 amide bonds. The maximum absolute atomic E-state index is 2.33. The van der Waals surface area contributed by atoms with Crippen molar-refractivity contribution in [1.29, 1.82) is 0 Å². The maximum atomic E-state index is 2.33. The van der Waals surface area contributed by atoms with Crippen LogP contribution in [-0.2, 0) is 0 Å². The molecule has 0 N–H and O–H groups in total. The zero-order valence-corrected chi connectivity index (χ0v) is 11.4. The Kier molecular flexibility index (Phi) is 7.18. The van der Waals surface area contributed by atoms with Crippen LogP contribution in [0.5, 0.6) is 0 Å². The van der Waals surface area contributed by atoms with Crippen molar-refractivity contribution in [2.75, 3.05) is 41.8 Å². The number of nitrogens with zero attached hydrogens (tertiary/aromatic N) is 3. The van der Waals surface area contributed by atoms with E-state index in [2.05, 4.69) is 56.5 Å². The van der Waals surface area contributed by atoms with E-state index in [0.29, 0.717) is 0 Å². The van der Waals surface area contributed by atoms with Crippen LogP contribution in [0, 0.1) is 0 Å². The van der Waals surface area contributed by atoms with Gasteiger partial charge >= 0.3 is 5.96 Å². The van der Waals surface area contributed by atoms with Gasteiger partial charge in [-0.3, -0.25) is 14.4 Å². The zero-order chi connectivity index (χ0) is 11.8. The van der Waals surface area contributed by atoms with Gasteiger partial charge in [-0.2, -0.15) is 0 Å². The van der Waals surface area contributed by atoms with Gasteiger partial charge in [0.25, 0.3) is 0 Å². The van der Waals surface area contributed by atoms with Crippen LogP contribution in [0.25, 0.3) is 0 Å². The lowest BCUT2D eigenvalue weighted by Gasteiger charge is -2.21. The van der Waals surface area contributed by atoms with Crippen molar-refractivity contribution in [3.8, 4) is 0 Å². The van der Waals surface area contributed by atoms with E-state index in [1.54, 1.807) is 0 Å². The summed E-state index contributed by atoms with van der Waals surface area (Å²) in [6.07, 6.45) is 5.29. The summed E-state index contributed by atoms with van der Waals surface area (Å²) in [5.41, 5.74) is 0. The third-order valence-corrected chi connectivity index (χ3v) is 2.49. The molecule has 0 atom stereocenters. The summed E-state index contributed by atoms with van der Waals surface area (Å²) in [7, 11) is 10.5. The van der Waals surface area contributed by atoms with Gasteiger partial charge in [0.15, 0.2) is 0 Å². The molecule has 0 spiro atoms. The summed E-state index contributed by atoms with van der Waals surface area (Å²) < 4.78 is 2.17. The summed E-state index contributed by atoms with van der Waals surface area (Å²) in [6.45, 7) is 3.40. The minimum absolute atomic E-state index is 1.14. The van der Waals surface area contributed by atoms with Gasteiger partial charge in [0, 0.05) is 0 Å². The SMILES string of the molecule is CCCCCCN(C)C(N(C)C)=[N+](C)C. The fraction of sp³-hybridized carbons (Fsp3) is 0.917. The van der Waals surface area contributed by atoms with Crippen LogP contribution in [0.2, 0.25) is 0 Å². The van der Waals surface area contributed by atoms with E-state index >= 15 is 0 Å². The van der Waals surface area contributed by atoms with Crippen molar-refractivity contribution >= 4 is 5.96 Å². The Morgan fingerprint density at radius 3 is 2.00 bits per heavy atom. The zero-order valence-electron chi connectivity index (χ0n) is 11.4. The largest absolute Gasteiger partial charge is 0.349 e. The summed E-state index contributed by atoms with van der Waals surface area (Å²) in [6, 6.07) is 0. The molecule has 0 aliphatic rings. The fourth-order valence-electron chi connectivity index (χ4n) is 1.96. The molecule has 0 radical (unpaired) electrons. The standard InChI is InChI=1S/C12H28N3/c1-7-8-9-10-11-15(6)12(13(2)3)14(4)5/h7-11H2,1-6H3/q+1. The summed E-state index contributed by atoms with van der Waals surface area (Å²) in [5.74, 6) is 1.27. The van der Waals surface area contributed by atoms with Gasteiger partial charge in [0.05, 0.1) is 41.8 Å². The minimum Gasteiger partial charge on any atom is -0.270 e. The van der Waals surface area contributed by atoms with Crippen LogP contribution in [0.15, 0.2) is 0 Å². The first-order chi connectivity index (χ1) is 7.00. The van der Waals surface area contributed by atoms with Crippen LogP contribution in [0.4, 0.5) is 0 Å². The average Bonchev–Trinajstić information content (AvgIpc) is 2.11. The summed E-state index contributed by atoms with van der Waals surface area (Å²) in [4.78, 5) is 4.50. The molecule has 0 saturated carbocycles. The van der Waals surface area contributed by atoms with Gasteiger partial charge < -0.3 is 0 Å². The highest BCUT2D eigenvalue weighted by Gasteiger charge is 2.17. The first-order valence-electron chi connectivity index (χ1n) is 5.93. The predicted octanol–water partition coefficient (Wildman–Crippen LogP) is 1.69. The van der Waals surface area contributed by atoms with Gasteiger partial charge in [-0.15, -0.1) is 0 Å². The Bertz CT molecular complexity index is 193. The third-order valence-electron chi connectivity index (χ3n) is 2.49. The number of rotatable bonds is 5. The molecule has 0 aliphatic carbocycles. The molecule has 0 aromatic heterocycles. The van der Waals surface area contributed by atoms with Crippen molar-refractivity contribution in [3.63, 3.8) is 0 Å². The second kappa shape index (κ2) is 7.55. The molecule has 0 aliphatic heterocycles. The Labute approximate surface area is 95.4 Å². The van der Waals surface area contributed by atoms with Crippen LogP contribution >= 0.6 is 0 Å². The van der Waals surface area contributed by atoms with Crippen molar-refractivity contribution in [2.24, 2.45) is 0 Å². The Hall–Kier alpha value is -0.730. The maximum Gasteiger partial charge on any atom is 0.349 e. The van der Waals surface area contributed by atoms with Crippen LogP contribution in [0.1, 0.15) is 32.6 Å². The highest BCUT2D eigenvalue weighted by Crippen LogP contribution is 2.01. The molecule has 0 heterocycles. The number of hydrogen-bond acceptors (Lipinski definition) is 0. The van der Waals surface area contributed by atoms with Crippen molar-refractivity contribution < 1.29 is 4.58 Å². The van der Waals surface area contributed by atoms with E-state index in [-0.39, 0.29) is 0 Å². The minimum atomic E-state index is 1.14. The van der Waals surface area contributed by atoms with Crippen molar-refractivity contribution in [1.82, 2.24) is 9.80 Å². The molecule has 0 fully saturated rings. The van der Waals surface area contributed by atoms with E-state index in [0.717, 1.165) is 6.54 Å². The molecule has 3 nitrogen and oxygen atoms in total. The van der Waals surface area contributed by atoms with Gasteiger partial charge in [-0.05, 0) is 6.42 Å². The normalized spacial score (nSPS) is 10.0. The smallest absolute Gasteiger partial charge is 0.270 e. The van der Waals surface area contributed by atoms with E-state index in [1.165, 1.54) is 31.6 Å². The molecule has 90 valence electrons. The Morgan fingerprint density at radius 2 is 1.60 bits per heavy atom. The van der Waals surface area contributed by atoms with Crippen LogP contribution in [-0.4, -0.2) is 62.1 Å². The van der Waals surface area contributed by atoms with Crippen LogP contribution in [0.3, 0.4) is 0 Å². The number of unbranched alkanes of at least 4 members (excludes halogenated alkanes) is 3. The Balaban J connectivity index is 4.06. The second-order valence-corrected chi connectivity index (χ2v) is 4.57. The topological polar surface area (TPSA) is 9.49 Å². The molecular formula is C12H28N3+. The molecule has 15 heavy (non-hydrogen) atoms. The van der Waals surface area contributed by atoms with E-state index in [1.807, 2.05) is 0 Å². The molecule has 0 saturated heterocycles. The molecule has 0 unspecified atom stereocenters. The van der Waals surface area contributed by atoms with Gasteiger partial charge in [0.2, 0.25) is 0 Å². The second-order valence-electron chi connectivity index (χ2n) is 4.57. The first kappa shape index (κ1) is 14.3. The predicted molar refractivity (Wildman–Crippen MR) is 67.6 cm³/mol. The highest BCUT2D eigenvalue weighted by atomic mass is 15.4. The van der Waals surface area contributed by atoms with Crippen molar-refractivity contribution in [3.05, 3.63) is 0 Å². The first-order valence-corrected chi connectivity index (χ1v) is 5.93. The van der Waals surface area contributed by atoms with E-state index < -0.39 is 0 Å². The molecule has 3 heteroatoms. The molecule has 0 aromatic carbocycles. The molecular weight excluding hydrogens is 186 g/mol. The lowest BCUT2D eigenvalue weighted by atomic mass is 10.2. The van der Waals surface area contributed by atoms with Gasteiger partial charge in [-0.25, -0.2) is 0 Å². The monoisotopic (exact) mass is 214 g/mol. The van der Waals surface area contributed by atoms with E-state index in [9.17, 15) is 0 Å². The number of guanidine groups is 1. The molecule has 0 aromatic rings. The van der Waals surface area contributed by atoms with E-state index in [4.69, 9.17) is 0 Å². The molecule has 0 bridgehead atoms. The average molecular weight is 214 g/mol. The van der Waals surface area contributed by atoms with Crippen molar-refractivity contribution in [2.45, 2.75) is 32.6 Å².